The van der Waals surface area contributed by atoms with E-state index < -0.39 is 11.6 Å². The van der Waals surface area contributed by atoms with Crippen LogP contribution in [0.5, 0.6) is 0 Å². The highest BCUT2D eigenvalue weighted by molar-refractivity contribution is 5.96. The van der Waals surface area contributed by atoms with E-state index in [4.69, 9.17) is 0 Å². The molecule has 4 aromatic rings. The van der Waals surface area contributed by atoms with Crippen LogP contribution in [0, 0.1) is 26.6 Å². The number of hydrogen-bond donors (Lipinski definition) is 0. The molecule has 0 aliphatic rings. The fraction of sp³-hybridized carbons (Fsp3) is 0.111. The van der Waals surface area contributed by atoms with Crippen LogP contribution in [0.3, 0.4) is 0 Å². The van der Waals surface area contributed by atoms with Crippen LogP contribution in [0.1, 0.15) is 27.0 Å². The standard InChI is InChI=1S/C27H23FN2O2/c1-18-15-22(16-19(2)20(18)3)25-17-29(24-7-5-4-6-8-24)27(32)30(25)26(31)14-11-21-9-12-23(28)13-10-21/h4-17H,1-3H3/b14-11+. The van der Waals surface area contributed by atoms with E-state index in [0.717, 1.165) is 16.7 Å². The highest BCUT2D eigenvalue weighted by atomic mass is 19.1. The van der Waals surface area contributed by atoms with Crippen LogP contribution >= 0.6 is 0 Å². The zero-order valence-corrected chi connectivity index (χ0v) is 18.2. The highest BCUT2D eigenvalue weighted by Crippen LogP contribution is 2.25. The molecule has 0 spiro atoms. The van der Waals surface area contributed by atoms with E-state index in [0.29, 0.717) is 16.9 Å². The van der Waals surface area contributed by atoms with Gasteiger partial charge in [0.05, 0.1) is 11.4 Å². The van der Waals surface area contributed by atoms with Crippen molar-refractivity contribution in [2.45, 2.75) is 20.8 Å². The minimum absolute atomic E-state index is 0.350. The zero-order valence-electron chi connectivity index (χ0n) is 18.2. The maximum Gasteiger partial charge on any atom is 0.340 e. The number of carbonyl (C=O) groups is 1. The third-order valence-corrected chi connectivity index (χ3v) is 5.66. The predicted octanol–water partition coefficient (Wildman–Crippen LogP) is 5.72. The van der Waals surface area contributed by atoms with Gasteiger partial charge in [0, 0.05) is 17.8 Å². The third kappa shape index (κ3) is 4.10. The molecule has 5 heteroatoms. The van der Waals surface area contributed by atoms with Crippen molar-refractivity contribution in [1.29, 1.82) is 0 Å². The number of allylic oxidation sites excluding steroid dienone is 1. The summed E-state index contributed by atoms with van der Waals surface area (Å²) in [7, 11) is 0. The lowest BCUT2D eigenvalue weighted by atomic mass is 9.99. The van der Waals surface area contributed by atoms with Gasteiger partial charge in [-0.1, -0.05) is 30.3 Å². The second-order valence-electron chi connectivity index (χ2n) is 7.80. The lowest BCUT2D eigenvalue weighted by molar-refractivity contribution is 0.0967. The van der Waals surface area contributed by atoms with E-state index in [1.54, 1.807) is 24.4 Å². The molecule has 4 rings (SSSR count). The van der Waals surface area contributed by atoms with Crippen molar-refractivity contribution in [2.24, 2.45) is 0 Å². The Bertz CT molecular complexity index is 1350. The van der Waals surface area contributed by atoms with Gasteiger partial charge in [-0.2, -0.15) is 0 Å². The summed E-state index contributed by atoms with van der Waals surface area (Å²) in [5.41, 5.74) is 5.54. The first kappa shape index (κ1) is 21.2. The molecular formula is C27H23FN2O2. The number of benzene rings is 3. The molecule has 0 N–H and O–H groups in total. The van der Waals surface area contributed by atoms with Gasteiger partial charge in [0.1, 0.15) is 5.82 Å². The molecule has 32 heavy (non-hydrogen) atoms. The maximum absolute atomic E-state index is 13.3. The molecule has 1 aromatic heterocycles. The van der Waals surface area contributed by atoms with E-state index in [-0.39, 0.29) is 5.82 Å². The predicted molar refractivity (Wildman–Crippen MR) is 126 cm³/mol. The van der Waals surface area contributed by atoms with Crippen LogP contribution in [0.2, 0.25) is 0 Å². The summed E-state index contributed by atoms with van der Waals surface area (Å²) in [4.78, 5) is 26.5. The van der Waals surface area contributed by atoms with Gasteiger partial charge in [0.2, 0.25) is 0 Å². The molecule has 0 atom stereocenters. The Hall–Kier alpha value is -3.99. The van der Waals surface area contributed by atoms with Crippen LogP contribution in [-0.2, 0) is 0 Å². The van der Waals surface area contributed by atoms with Crippen molar-refractivity contribution in [3.63, 3.8) is 0 Å². The molecule has 160 valence electrons. The summed E-state index contributed by atoms with van der Waals surface area (Å²) in [5, 5.41) is 0. The Morgan fingerprint density at radius 2 is 1.53 bits per heavy atom. The van der Waals surface area contributed by atoms with Crippen molar-refractivity contribution in [3.8, 4) is 16.9 Å². The molecule has 0 radical (unpaired) electrons. The molecule has 4 nitrogen and oxygen atoms in total. The minimum atomic E-state index is -0.472. The molecule has 0 fully saturated rings. The van der Waals surface area contributed by atoms with Gasteiger partial charge in [0.15, 0.2) is 0 Å². The van der Waals surface area contributed by atoms with E-state index in [2.05, 4.69) is 0 Å². The Balaban J connectivity index is 1.86. The maximum atomic E-state index is 13.3. The number of aromatic nitrogens is 2. The van der Waals surface area contributed by atoms with Gasteiger partial charge in [-0.3, -0.25) is 9.36 Å². The molecule has 0 saturated carbocycles. The number of carbonyl (C=O) groups excluding carboxylic acids is 1. The molecule has 3 aromatic carbocycles. The summed E-state index contributed by atoms with van der Waals surface area (Å²) in [6.07, 6.45) is 4.61. The van der Waals surface area contributed by atoms with Crippen molar-refractivity contribution in [3.05, 3.63) is 118 Å². The Labute approximate surface area is 185 Å². The normalized spacial score (nSPS) is 11.2. The lowest BCUT2D eigenvalue weighted by Gasteiger charge is -2.10. The van der Waals surface area contributed by atoms with Crippen LogP contribution in [-0.4, -0.2) is 15.0 Å². The third-order valence-electron chi connectivity index (χ3n) is 5.66. The van der Waals surface area contributed by atoms with Crippen LogP contribution in [0.25, 0.3) is 23.0 Å². The monoisotopic (exact) mass is 426 g/mol. The molecule has 0 aliphatic carbocycles. The van der Waals surface area contributed by atoms with Crippen molar-refractivity contribution in [1.82, 2.24) is 9.13 Å². The first-order valence-corrected chi connectivity index (χ1v) is 10.3. The fourth-order valence-corrected chi connectivity index (χ4v) is 3.64. The average Bonchev–Trinajstić information content (AvgIpc) is 3.14. The Kier molecular flexibility index (Phi) is 5.73. The quantitative estimate of drug-likeness (QED) is 0.392. The van der Waals surface area contributed by atoms with Gasteiger partial charge in [0.25, 0.3) is 5.91 Å². The highest BCUT2D eigenvalue weighted by Gasteiger charge is 2.19. The van der Waals surface area contributed by atoms with Gasteiger partial charge < -0.3 is 0 Å². The zero-order chi connectivity index (χ0) is 22.8. The Morgan fingerprint density at radius 1 is 0.906 bits per heavy atom. The van der Waals surface area contributed by atoms with Gasteiger partial charge in [-0.15, -0.1) is 0 Å². The lowest BCUT2D eigenvalue weighted by Crippen LogP contribution is -2.27. The summed E-state index contributed by atoms with van der Waals surface area (Å²) in [5.74, 6) is -0.822. The Morgan fingerprint density at radius 3 is 2.16 bits per heavy atom. The summed E-state index contributed by atoms with van der Waals surface area (Å²) in [6.45, 7) is 6.07. The molecule has 0 aliphatic heterocycles. The van der Waals surface area contributed by atoms with E-state index in [9.17, 15) is 14.0 Å². The number of aryl methyl sites for hydroxylation is 2. The largest absolute Gasteiger partial charge is 0.340 e. The molecular weight excluding hydrogens is 403 g/mol. The number of imidazole rings is 1. The van der Waals surface area contributed by atoms with Crippen molar-refractivity contribution < 1.29 is 9.18 Å². The number of nitrogens with zero attached hydrogens (tertiary/aromatic N) is 2. The second-order valence-corrected chi connectivity index (χ2v) is 7.80. The van der Waals surface area contributed by atoms with Crippen LogP contribution < -0.4 is 5.69 Å². The molecule has 0 bridgehead atoms. The number of halogens is 1. The summed E-state index contributed by atoms with van der Waals surface area (Å²) >= 11 is 0. The fourth-order valence-electron chi connectivity index (χ4n) is 3.64. The van der Waals surface area contributed by atoms with Crippen molar-refractivity contribution in [2.75, 3.05) is 0 Å². The minimum Gasteiger partial charge on any atom is -0.269 e. The molecule has 0 unspecified atom stereocenters. The first-order valence-electron chi connectivity index (χ1n) is 10.3. The average molecular weight is 426 g/mol. The molecule has 0 saturated heterocycles. The molecule has 0 amide bonds. The van der Waals surface area contributed by atoms with Crippen LogP contribution in [0.15, 0.2) is 83.8 Å². The number of para-hydroxylation sites is 1. The second kappa shape index (κ2) is 8.63. The van der Waals surface area contributed by atoms with Crippen LogP contribution in [0.4, 0.5) is 4.39 Å². The van der Waals surface area contributed by atoms with E-state index >= 15 is 0 Å². The van der Waals surface area contributed by atoms with Crippen molar-refractivity contribution >= 4 is 12.0 Å². The number of rotatable bonds is 4. The van der Waals surface area contributed by atoms with Gasteiger partial charge in [-0.05, 0) is 85.5 Å². The first-order chi connectivity index (χ1) is 15.3. The van der Waals surface area contributed by atoms with Gasteiger partial charge in [-0.25, -0.2) is 13.8 Å². The SMILES string of the molecule is Cc1cc(-c2cn(-c3ccccc3)c(=O)n2C(=O)/C=C/c2ccc(F)cc2)cc(C)c1C. The number of hydrogen-bond acceptors (Lipinski definition) is 2. The summed E-state index contributed by atoms with van der Waals surface area (Å²) in [6, 6.07) is 19.0. The van der Waals surface area contributed by atoms with E-state index in [1.165, 1.54) is 32.9 Å². The van der Waals surface area contributed by atoms with Gasteiger partial charge >= 0.3 is 5.69 Å². The van der Waals surface area contributed by atoms with E-state index in [1.807, 2.05) is 63.2 Å². The summed E-state index contributed by atoms with van der Waals surface area (Å²) < 4.78 is 15.8. The smallest absolute Gasteiger partial charge is 0.269 e. The topological polar surface area (TPSA) is 44.0 Å². The molecule has 1 heterocycles.